The van der Waals surface area contributed by atoms with E-state index in [9.17, 15) is 14.4 Å². The summed E-state index contributed by atoms with van der Waals surface area (Å²) in [6.45, 7) is 4.84. The molecular formula is C17H24N2O5. The molecule has 0 aromatic heterocycles. The van der Waals surface area contributed by atoms with E-state index in [1.165, 1.54) is 4.90 Å². The van der Waals surface area contributed by atoms with Crippen LogP contribution in [-0.2, 0) is 23.9 Å². The predicted octanol–water partition coefficient (Wildman–Crippen LogP) is 0.248. The second-order valence-electron chi connectivity index (χ2n) is 6.54. The number of hydrogen-bond donors (Lipinski definition) is 1. The lowest BCUT2D eigenvalue weighted by molar-refractivity contribution is -0.149. The van der Waals surface area contributed by atoms with Crippen molar-refractivity contribution in [2.45, 2.75) is 38.4 Å². The molecule has 132 valence electrons. The van der Waals surface area contributed by atoms with Gasteiger partial charge >= 0.3 is 5.97 Å². The molecule has 7 heteroatoms. The minimum atomic E-state index is -0.777. The van der Waals surface area contributed by atoms with Crippen LogP contribution in [0.25, 0.3) is 0 Å². The van der Waals surface area contributed by atoms with Crippen molar-refractivity contribution < 1.29 is 23.9 Å². The molecule has 2 saturated heterocycles. The van der Waals surface area contributed by atoms with Crippen LogP contribution >= 0.6 is 0 Å². The van der Waals surface area contributed by atoms with Crippen molar-refractivity contribution >= 4 is 17.8 Å². The molecule has 2 bridgehead atoms. The van der Waals surface area contributed by atoms with Gasteiger partial charge in [0.1, 0.15) is 12.1 Å². The minimum Gasteiger partial charge on any atom is -0.465 e. The molecule has 1 spiro atoms. The average Bonchev–Trinajstić information content (AvgIpc) is 3.16. The molecule has 0 saturated carbocycles. The monoisotopic (exact) mass is 336 g/mol. The van der Waals surface area contributed by atoms with Crippen LogP contribution in [0.5, 0.6) is 0 Å². The number of carbonyl (C=O) groups excluding carboxylic acids is 3. The Balaban J connectivity index is 1.72. The van der Waals surface area contributed by atoms with Crippen molar-refractivity contribution in [1.29, 1.82) is 0 Å². The first-order chi connectivity index (χ1) is 11.5. The van der Waals surface area contributed by atoms with E-state index < -0.39 is 23.4 Å². The number of rotatable bonds is 7. The van der Waals surface area contributed by atoms with Gasteiger partial charge in [-0.15, -0.1) is 0 Å². The third-order valence-electron chi connectivity index (χ3n) is 4.94. The Morgan fingerprint density at radius 1 is 1.46 bits per heavy atom. The largest absolute Gasteiger partial charge is 0.465 e. The van der Waals surface area contributed by atoms with Gasteiger partial charge in [-0.05, 0) is 13.3 Å². The third kappa shape index (κ3) is 2.70. The van der Waals surface area contributed by atoms with Crippen molar-refractivity contribution in [3.63, 3.8) is 0 Å². The first-order valence-electron chi connectivity index (χ1n) is 8.61. The lowest BCUT2D eigenvalue weighted by atomic mass is 9.77. The lowest BCUT2D eigenvalue weighted by Gasteiger charge is -2.23. The fourth-order valence-electron chi connectivity index (χ4n) is 3.88. The lowest BCUT2D eigenvalue weighted by Crippen LogP contribution is -2.44. The first kappa shape index (κ1) is 17.0. The number of carbonyl (C=O) groups is 3. The molecule has 1 N–H and O–H groups in total. The number of ether oxygens (including phenoxy) is 2. The SMILES string of the molecule is CCCCNC(=O)[C@H]1[C@H]2C=C[C@@]3(CN(CC(=O)OCC)C(=O)[C@@H]13)O2. The summed E-state index contributed by atoms with van der Waals surface area (Å²) in [7, 11) is 0. The van der Waals surface area contributed by atoms with Crippen LogP contribution in [0.15, 0.2) is 12.2 Å². The number of esters is 1. The average molecular weight is 336 g/mol. The number of fused-ring (bicyclic) bond motifs is 1. The maximum Gasteiger partial charge on any atom is 0.325 e. The van der Waals surface area contributed by atoms with E-state index in [0.717, 1.165) is 12.8 Å². The second kappa shape index (κ2) is 6.55. The van der Waals surface area contributed by atoms with Gasteiger partial charge in [0.25, 0.3) is 0 Å². The molecule has 2 amide bonds. The normalized spacial score (nSPS) is 33.0. The summed E-state index contributed by atoms with van der Waals surface area (Å²) in [6, 6.07) is 0. The summed E-state index contributed by atoms with van der Waals surface area (Å²) in [5, 5.41) is 2.90. The first-order valence-corrected chi connectivity index (χ1v) is 8.61. The van der Waals surface area contributed by atoms with Crippen molar-refractivity contribution in [3.8, 4) is 0 Å². The molecule has 4 atom stereocenters. The van der Waals surface area contributed by atoms with Gasteiger partial charge in [-0.1, -0.05) is 25.5 Å². The van der Waals surface area contributed by atoms with E-state index in [1.54, 1.807) is 6.92 Å². The topological polar surface area (TPSA) is 84.9 Å². The smallest absolute Gasteiger partial charge is 0.325 e. The zero-order valence-electron chi connectivity index (χ0n) is 14.1. The van der Waals surface area contributed by atoms with Crippen LogP contribution in [0, 0.1) is 11.8 Å². The van der Waals surface area contributed by atoms with Gasteiger partial charge in [-0.25, -0.2) is 0 Å². The molecule has 3 heterocycles. The molecule has 24 heavy (non-hydrogen) atoms. The molecule has 0 unspecified atom stereocenters. The summed E-state index contributed by atoms with van der Waals surface area (Å²) in [5.74, 6) is -1.86. The van der Waals surface area contributed by atoms with Gasteiger partial charge in [-0.3, -0.25) is 14.4 Å². The summed E-state index contributed by atoms with van der Waals surface area (Å²) in [5.41, 5.74) is -0.777. The highest BCUT2D eigenvalue weighted by molar-refractivity contribution is 5.94. The van der Waals surface area contributed by atoms with E-state index in [1.807, 2.05) is 12.2 Å². The highest BCUT2D eigenvalue weighted by Crippen LogP contribution is 2.51. The van der Waals surface area contributed by atoms with Gasteiger partial charge in [0.2, 0.25) is 11.8 Å². The van der Waals surface area contributed by atoms with E-state index in [4.69, 9.17) is 9.47 Å². The van der Waals surface area contributed by atoms with Crippen LogP contribution in [0.1, 0.15) is 26.7 Å². The highest BCUT2D eigenvalue weighted by Gasteiger charge is 2.66. The Hall–Kier alpha value is -1.89. The standard InChI is InChI=1S/C17H24N2O5/c1-3-5-8-18-15(21)13-11-6-7-17(24-11)10-19(16(22)14(13)17)9-12(20)23-4-2/h6-7,11,13-14H,3-5,8-10H2,1-2H3,(H,18,21)/t11-,13+,14-,17+/m1/s1. The Morgan fingerprint density at radius 3 is 2.96 bits per heavy atom. The molecule has 0 aromatic rings. The van der Waals surface area contributed by atoms with Gasteiger partial charge < -0.3 is 19.7 Å². The fourth-order valence-corrected chi connectivity index (χ4v) is 3.88. The second-order valence-corrected chi connectivity index (χ2v) is 6.54. The number of amides is 2. The van der Waals surface area contributed by atoms with E-state index >= 15 is 0 Å². The fraction of sp³-hybridized carbons (Fsp3) is 0.706. The van der Waals surface area contributed by atoms with E-state index in [0.29, 0.717) is 13.1 Å². The number of hydrogen-bond acceptors (Lipinski definition) is 5. The Morgan fingerprint density at radius 2 is 2.25 bits per heavy atom. The molecule has 3 aliphatic heterocycles. The molecule has 0 radical (unpaired) electrons. The van der Waals surface area contributed by atoms with Gasteiger partial charge in [0.15, 0.2) is 0 Å². The zero-order chi connectivity index (χ0) is 17.3. The quantitative estimate of drug-likeness (QED) is 0.409. The van der Waals surface area contributed by atoms with Gasteiger partial charge in [0.05, 0.1) is 31.1 Å². The van der Waals surface area contributed by atoms with Crippen LogP contribution in [0.3, 0.4) is 0 Å². The van der Waals surface area contributed by atoms with E-state index in [-0.39, 0.29) is 31.1 Å². The molecule has 3 rings (SSSR count). The summed E-state index contributed by atoms with van der Waals surface area (Å²) >= 11 is 0. The molecule has 2 fully saturated rings. The van der Waals surface area contributed by atoms with Crippen molar-refractivity contribution in [2.24, 2.45) is 11.8 Å². The summed E-state index contributed by atoms with van der Waals surface area (Å²) in [6.07, 6.45) is 5.27. The predicted molar refractivity (Wildman–Crippen MR) is 84.9 cm³/mol. The number of nitrogens with zero attached hydrogens (tertiary/aromatic N) is 1. The molecule has 7 nitrogen and oxygen atoms in total. The van der Waals surface area contributed by atoms with E-state index in [2.05, 4.69) is 12.2 Å². The highest BCUT2D eigenvalue weighted by atomic mass is 16.5. The summed E-state index contributed by atoms with van der Waals surface area (Å²) in [4.78, 5) is 38.5. The van der Waals surface area contributed by atoms with Gasteiger partial charge in [0, 0.05) is 6.54 Å². The number of unbranched alkanes of at least 4 members (excludes halogenated alkanes) is 1. The van der Waals surface area contributed by atoms with Crippen LogP contribution in [0.2, 0.25) is 0 Å². The minimum absolute atomic E-state index is 0.100. The third-order valence-corrected chi connectivity index (χ3v) is 4.94. The van der Waals surface area contributed by atoms with Crippen LogP contribution in [-0.4, -0.2) is 60.6 Å². The molecular weight excluding hydrogens is 312 g/mol. The van der Waals surface area contributed by atoms with Crippen molar-refractivity contribution in [3.05, 3.63) is 12.2 Å². The zero-order valence-corrected chi connectivity index (χ0v) is 14.1. The Labute approximate surface area is 141 Å². The maximum absolute atomic E-state index is 12.8. The maximum atomic E-state index is 12.8. The van der Waals surface area contributed by atoms with Crippen LogP contribution in [0.4, 0.5) is 0 Å². The van der Waals surface area contributed by atoms with Crippen LogP contribution < -0.4 is 5.32 Å². The Bertz CT molecular complexity index is 575. The number of likely N-dealkylation sites (tertiary alicyclic amines) is 1. The van der Waals surface area contributed by atoms with Crippen molar-refractivity contribution in [1.82, 2.24) is 10.2 Å². The van der Waals surface area contributed by atoms with Gasteiger partial charge in [-0.2, -0.15) is 0 Å². The summed E-state index contributed by atoms with van der Waals surface area (Å²) < 4.78 is 10.9. The van der Waals surface area contributed by atoms with Crippen molar-refractivity contribution in [2.75, 3.05) is 26.2 Å². The molecule has 3 aliphatic rings. The Kier molecular flexibility index (Phi) is 4.62. The molecule has 0 aromatic carbocycles. The molecule has 0 aliphatic carbocycles. The number of nitrogens with one attached hydrogen (secondary N) is 1.